The summed E-state index contributed by atoms with van der Waals surface area (Å²) >= 11 is 6.31. The fourth-order valence-corrected chi connectivity index (χ4v) is 5.30. The van der Waals surface area contributed by atoms with Gasteiger partial charge in [-0.15, -0.1) is 0 Å². The predicted octanol–water partition coefficient (Wildman–Crippen LogP) is 4.07. The Morgan fingerprint density at radius 3 is 2.49 bits per heavy atom. The molecule has 1 aliphatic rings. The van der Waals surface area contributed by atoms with Gasteiger partial charge in [-0.05, 0) is 24.3 Å². The second-order valence-electron chi connectivity index (χ2n) is 7.94. The van der Waals surface area contributed by atoms with Crippen molar-refractivity contribution in [3.05, 3.63) is 77.6 Å². The van der Waals surface area contributed by atoms with Crippen LogP contribution >= 0.6 is 11.6 Å². The van der Waals surface area contributed by atoms with Gasteiger partial charge in [0.15, 0.2) is 11.3 Å². The third-order valence-corrected chi connectivity index (χ3v) is 7.47. The first-order chi connectivity index (χ1) is 16.5. The average molecular weight is 525 g/mol. The molecule has 1 saturated heterocycles. The van der Waals surface area contributed by atoms with Crippen LogP contribution in [-0.2, 0) is 16.2 Å². The standard InChI is InChI=1S/C22H16ClF3N4O4S/c23-19-18(21(31)29-10-15(11-29)28-35(32,33)16-4-2-1-3-5-16)27-20-17(22(24,25)26)8-14(9-30(19)20)13-6-7-34-12-13/h1-9,12,15,28H,10-11H2. The SMILES string of the molecule is O=C(c1nc2c(C(F)(F)F)cc(-c3ccoc3)cn2c1Cl)N1CC(NS(=O)(=O)c2ccccc2)C1. The largest absolute Gasteiger partial charge is 0.472 e. The molecular weight excluding hydrogens is 509 g/mol. The number of halogens is 4. The number of pyridine rings is 1. The van der Waals surface area contributed by atoms with Crippen LogP contribution in [0.2, 0.25) is 5.15 Å². The van der Waals surface area contributed by atoms with E-state index in [1.807, 2.05) is 0 Å². The quantitative estimate of drug-likeness (QED) is 0.424. The molecule has 4 heterocycles. The second kappa shape index (κ2) is 8.40. The van der Waals surface area contributed by atoms with Gasteiger partial charge in [-0.25, -0.2) is 18.1 Å². The normalized spacial score (nSPS) is 14.9. The van der Waals surface area contributed by atoms with Crippen LogP contribution in [0.1, 0.15) is 16.1 Å². The number of carbonyl (C=O) groups is 1. The molecule has 182 valence electrons. The minimum absolute atomic E-state index is 0.0154. The van der Waals surface area contributed by atoms with Gasteiger partial charge in [0.2, 0.25) is 10.0 Å². The zero-order valence-corrected chi connectivity index (χ0v) is 19.2. The van der Waals surface area contributed by atoms with E-state index >= 15 is 0 Å². The van der Waals surface area contributed by atoms with Gasteiger partial charge in [0, 0.05) is 30.4 Å². The lowest BCUT2D eigenvalue weighted by molar-refractivity contribution is -0.136. The molecule has 1 aliphatic heterocycles. The molecule has 35 heavy (non-hydrogen) atoms. The highest BCUT2D eigenvalue weighted by Crippen LogP contribution is 2.37. The Kier molecular flexibility index (Phi) is 5.61. The first kappa shape index (κ1) is 23.4. The van der Waals surface area contributed by atoms with Crippen LogP contribution in [0.3, 0.4) is 0 Å². The number of likely N-dealkylation sites (tertiary alicyclic amines) is 1. The molecule has 4 aromatic rings. The maximum atomic E-state index is 13.8. The molecule has 0 saturated carbocycles. The van der Waals surface area contributed by atoms with E-state index in [1.165, 1.54) is 41.8 Å². The van der Waals surface area contributed by atoms with Crippen LogP contribution in [0.25, 0.3) is 16.8 Å². The lowest BCUT2D eigenvalue weighted by atomic mass is 10.1. The summed E-state index contributed by atoms with van der Waals surface area (Å²) in [6.07, 6.45) is -0.805. The van der Waals surface area contributed by atoms with Crippen LogP contribution in [0.15, 0.2) is 70.5 Å². The molecule has 1 fully saturated rings. The number of imidazole rings is 1. The highest BCUT2D eigenvalue weighted by atomic mass is 35.5. The molecule has 1 N–H and O–H groups in total. The number of aromatic nitrogens is 2. The summed E-state index contributed by atoms with van der Waals surface area (Å²) in [5.74, 6) is -0.702. The zero-order chi connectivity index (χ0) is 25.0. The number of benzene rings is 1. The van der Waals surface area contributed by atoms with Crippen molar-refractivity contribution in [3.63, 3.8) is 0 Å². The predicted molar refractivity (Wildman–Crippen MR) is 119 cm³/mol. The van der Waals surface area contributed by atoms with Crippen LogP contribution in [0.5, 0.6) is 0 Å². The Hall–Kier alpha value is -3.35. The van der Waals surface area contributed by atoms with E-state index in [0.717, 1.165) is 10.5 Å². The van der Waals surface area contributed by atoms with E-state index in [2.05, 4.69) is 9.71 Å². The van der Waals surface area contributed by atoms with Crippen molar-refractivity contribution in [2.24, 2.45) is 0 Å². The maximum absolute atomic E-state index is 13.8. The smallest absolute Gasteiger partial charge is 0.420 e. The van der Waals surface area contributed by atoms with E-state index in [-0.39, 0.29) is 34.4 Å². The third kappa shape index (κ3) is 4.28. The highest BCUT2D eigenvalue weighted by molar-refractivity contribution is 7.89. The van der Waals surface area contributed by atoms with Crippen molar-refractivity contribution < 1.29 is 30.8 Å². The summed E-state index contributed by atoms with van der Waals surface area (Å²) in [7, 11) is -3.78. The van der Waals surface area contributed by atoms with Gasteiger partial charge in [0.25, 0.3) is 5.91 Å². The van der Waals surface area contributed by atoms with Crippen molar-refractivity contribution in [1.29, 1.82) is 0 Å². The topological polar surface area (TPSA) is 96.9 Å². The number of nitrogens with one attached hydrogen (secondary N) is 1. The molecule has 0 radical (unpaired) electrons. The van der Waals surface area contributed by atoms with Gasteiger partial charge >= 0.3 is 6.18 Å². The van der Waals surface area contributed by atoms with Gasteiger partial charge in [-0.1, -0.05) is 29.8 Å². The number of nitrogens with zero attached hydrogens (tertiary/aromatic N) is 3. The molecule has 5 rings (SSSR count). The van der Waals surface area contributed by atoms with E-state index in [9.17, 15) is 26.4 Å². The van der Waals surface area contributed by atoms with Crippen LogP contribution < -0.4 is 4.72 Å². The van der Waals surface area contributed by atoms with E-state index < -0.39 is 39.4 Å². The number of hydrogen-bond donors (Lipinski definition) is 1. The zero-order valence-electron chi connectivity index (χ0n) is 17.7. The van der Waals surface area contributed by atoms with Gasteiger partial charge in [-0.2, -0.15) is 13.2 Å². The summed E-state index contributed by atoms with van der Waals surface area (Å²) in [5, 5.41) is -0.283. The van der Waals surface area contributed by atoms with Crippen molar-refractivity contribution in [1.82, 2.24) is 19.0 Å². The number of alkyl halides is 3. The molecule has 0 bridgehead atoms. The second-order valence-corrected chi connectivity index (χ2v) is 10.0. The summed E-state index contributed by atoms with van der Waals surface area (Å²) in [5.41, 5.74) is -1.36. The molecular formula is C22H16ClF3N4O4S. The number of rotatable bonds is 5. The average Bonchev–Trinajstić information content (AvgIpc) is 3.44. The minimum atomic E-state index is -4.76. The van der Waals surface area contributed by atoms with Gasteiger partial charge in [0.05, 0.1) is 29.0 Å². The Morgan fingerprint density at radius 2 is 1.86 bits per heavy atom. The van der Waals surface area contributed by atoms with Crippen molar-refractivity contribution in [2.75, 3.05) is 13.1 Å². The highest BCUT2D eigenvalue weighted by Gasteiger charge is 2.39. The molecule has 0 spiro atoms. The molecule has 8 nitrogen and oxygen atoms in total. The Morgan fingerprint density at radius 1 is 1.14 bits per heavy atom. The molecule has 0 unspecified atom stereocenters. The molecule has 3 aromatic heterocycles. The number of sulfonamides is 1. The fraction of sp³-hybridized carbons (Fsp3) is 0.182. The number of fused-ring (bicyclic) bond motifs is 1. The molecule has 0 aliphatic carbocycles. The Balaban J connectivity index is 1.41. The van der Waals surface area contributed by atoms with Crippen LogP contribution in [-0.4, -0.2) is 47.7 Å². The van der Waals surface area contributed by atoms with Crippen molar-refractivity contribution >= 4 is 33.2 Å². The van der Waals surface area contributed by atoms with E-state index in [0.29, 0.717) is 5.56 Å². The summed E-state index contributed by atoms with van der Waals surface area (Å²) in [4.78, 5) is 18.2. The van der Waals surface area contributed by atoms with Crippen LogP contribution in [0.4, 0.5) is 13.2 Å². The Bertz CT molecular complexity index is 1510. The van der Waals surface area contributed by atoms with Crippen molar-refractivity contribution in [3.8, 4) is 11.1 Å². The number of hydrogen-bond acceptors (Lipinski definition) is 5. The third-order valence-electron chi connectivity index (χ3n) is 5.57. The fourth-order valence-electron chi connectivity index (χ4n) is 3.80. The molecule has 0 atom stereocenters. The van der Waals surface area contributed by atoms with Crippen LogP contribution in [0, 0.1) is 0 Å². The van der Waals surface area contributed by atoms with Gasteiger partial charge in [0.1, 0.15) is 5.15 Å². The summed E-state index contributed by atoms with van der Waals surface area (Å²) < 4.78 is 74.7. The number of amides is 1. The minimum Gasteiger partial charge on any atom is -0.472 e. The van der Waals surface area contributed by atoms with E-state index in [1.54, 1.807) is 18.2 Å². The molecule has 13 heteroatoms. The molecule has 1 amide bonds. The first-order valence-corrected chi connectivity index (χ1v) is 12.1. The Labute approximate surface area is 202 Å². The maximum Gasteiger partial charge on any atom is 0.420 e. The monoisotopic (exact) mass is 524 g/mol. The van der Waals surface area contributed by atoms with E-state index in [4.69, 9.17) is 16.0 Å². The first-order valence-electron chi connectivity index (χ1n) is 10.2. The number of carbonyl (C=O) groups excluding carboxylic acids is 1. The number of furan rings is 1. The summed E-state index contributed by atoms with van der Waals surface area (Å²) in [6, 6.07) is 9.59. The lowest BCUT2D eigenvalue weighted by Gasteiger charge is -2.38. The van der Waals surface area contributed by atoms with Gasteiger partial charge in [-0.3, -0.25) is 9.20 Å². The van der Waals surface area contributed by atoms with Crippen molar-refractivity contribution in [2.45, 2.75) is 17.1 Å². The summed E-state index contributed by atoms with van der Waals surface area (Å²) in [6.45, 7) is 0.0307. The lowest BCUT2D eigenvalue weighted by Crippen LogP contribution is -2.60. The molecule has 1 aromatic carbocycles. The van der Waals surface area contributed by atoms with Gasteiger partial charge < -0.3 is 9.32 Å².